The fourth-order valence-electron chi connectivity index (χ4n) is 3.69. The van der Waals surface area contributed by atoms with Crippen LogP contribution in [0.4, 0.5) is 0 Å². The van der Waals surface area contributed by atoms with Crippen LogP contribution in [-0.2, 0) is 0 Å². The molecule has 3 rings (SSSR count). The van der Waals surface area contributed by atoms with E-state index in [1.165, 1.54) is 62.3 Å². The van der Waals surface area contributed by atoms with E-state index in [1.54, 1.807) is 7.11 Å². The molecule has 4 heteroatoms. The summed E-state index contributed by atoms with van der Waals surface area (Å²) in [6.07, 6.45) is 5.37. The fraction of sp³-hybridized carbons (Fsp3) is 0.684. The number of benzene rings is 1. The molecule has 3 nitrogen and oxygen atoms in total. The maximum Gasteiger partial charge on any atom is 0.133 e. The summed E-state index contributed by atoms with van der Waals surface area (Å²) >= 11 is 1.87. The van der Waals surface area contributed by atoms with Gasteiger partial charge in [-0.05, 0) is 81.3 Å². The number of likely N-dealkylation sites (tertiary alicyclic amines) is 1. The van der Waals surface area contributed by atoms with E-state index in [2.05, 4.69) is 41.3 Å². The Morgan fingerprint density at radius 2 is 1.74 bits per heavy atom. The van der Waals surface area contributed by atoms with Gasteiger partial charge < -0.3 is 9.64 Å². The molecule has 0 aliphatic carbocycles. The molecule has 23 heavy (non-hydrogen) atoms. The van der Waals surface area contributed by atoms with Crippen molar-refractivity contribution in [1.82, 2.24) is 9.21 Å². The Balaban J connectivity index is 1.52. The molecule has 1 aromatic rings. The third kappa shape index (κ3) is 4.43. The van der Waals surface area contributed by atoms with Gasteiger partial charge in [-0.3, -0.25) is 0 Å². The number of nitrogens with zero attached hydrogens (tertiary/aromatic N) is 2. The molecule has 2 fully saturated rings. The van der Waals surface area contributed by atoms with Crippen LogP contribution < -0.4 is 4.74 Å². The molecule has 2 heterocycles. The van der Waals surface area contributed by atoms with Crippen molar-refractivity contribution in [2.45, 2.75) is 50.5 Å². The van der Waals surface area contributed by atoms with E-state index in [-0.39, 0.29) is 0 Å². The molecule has 2 saturated heterocycles. The summed E-state index contributed by atoms with van der Waals surface area (Å²) in [5.74, 6) is 1.92. The van der Waals surface area contributed by atoms with Gasteiger partial charge in [0, 0.05) is 19.1 Å². The van der Waals surface area contributed by atoms with Crippen molar-refractivity contribution in [3.63, 3.8) is 0 Å². The molecule has 0 radical (unpaired) electrons. The predicted molar refractivity (Wildman–Crippen MR) is 98.2 cm³/mol. The van der Waals surface area contributed by atoms with Crippen LogP contribution in [0, 0.1) is 12.8 Å². The van der Waals surface area contributed by atoms with Crippen molar-refractivity contribution in [1.29, 1.82) is 0 Å². The lowest BCUT2D eigenvalue weighted by atomic mass is 9.95. The topological polar surface area (TPSA) is 15.7 Å². The molecule has 0 bridgehead atoms. The third-order valence-electron chi connectivity index (χ3n) is 5.30. The van der Waals surface area contributed by atoms with Crippen molar-refractivity contribution < 1.29 is 4.74 Å². The van der Waals surface area contributed by atoms with Crippen molar-refractivity contribution >= 4 is 11.9 Å². The maximum absolute atomic E-state index is 5.51. The van der Waals surface area contributed by atoms with E-state index >= 15 is 0 Å². The van der Waals surface area contributed by atoms with Gasteiger partial charge >= 0.3 is 0 Å². The van der Waals surface area contributed by atoms with E-state index in [0.29, 0.717) is 0 Å². The molecule has 0 saturated carbocycles. The number of aryl methyl sites for hydroxylation is 1. The van der Waals surface area contributed by atoms with Crippen LogP contribution in [0.1, 0.15) is 38.2 Å². The second-order valence-electron chi connectivity index (χ2n) is 7.12. The Hall–Kier alpha value is -0.710. The lowest BCUT2D eigenvalue weighted by Gasteiger charge is -2.41. The van der Waals surface area contributed by atoms with Gasteiger partial charge in [0.25, 0.3) is 0 Å². The summed E-state index contributed by atoms with van der Waals surface area (Å²) < 4.78 is 8.03. The third-order valence-corrected chi connectivity index (χ3v) is 6.44. The van der Waals surface area contributed by atoms with Gasteiger partial charge in [-0.2, -0.15) is 0 Å². The highest BCUT2D eigenvalue weighted by atomic mass is 32.2. The van der Waals surface area contributed by atoms with Crippen molar-refractivity contribution in [3.05, 3.63) is 23.8 Å². The van der Waals surface area contributed by atoms with Crippen LogP contribution in [0.25, 0.3) is 0 Å². The monoisotopic (exact) mass is 334 g/mol. The average Bonchev–Trinajstić information content (AvgIpc) is 2.57. The zero-order valence-electron chi connectivity index (χ0n) is 14.8. The van der Waals surface area contributed by atoms with Gasteiger partial charge in [-0.25, -0.2) is 4.31 Å². The van der Waals surface area contributed by atoms with E-state index < -0.39 is 0 Å². The largest absolute Gasteiger partial charge is 0.496 e. The van der Waals surface area contributed by atoms with Gasteiger partial charge in [0.05, 0.1) is 12.0 Å². The zero-order valence-corrected chi connectivity index (χ0v) is 15.6. The first-order valence-electron chi connectivity index (χ1n) is 8.97. The van der Waals surface area contributed by atoms with Crippen LogP contribution in [0.5, 0.6) is 5.75 Å². The van der Waals surface area contributed by atoms with Crippen LogP contribution in [0.3, 0.4) is 0 Å². The second kappa shape index (κ2) is 7.91. The molecular weight excluding hydrogens is 304 g/mol. The predicted octanol–water partition coefficient (Wildman–Crippen LogP) is 4.21. The number of methoxy groups -OCH3 is 1. The standard InChI is InChI=1S/C19H30N2OS/c1-15-6-10-20(11-7-15)17-8-12-21(13-9-17)23-19-14-16(2)4-5-18(19)22-3/h4-5,14-15,17H,6-13H2,1-3H3. The summed E-state index contributed by atoms with van der Waals surface area (Å²) in [5.41, 5.74) is 1.30. The highest BCUT2D eigenvalue weighted by Gasteiger charge is 2.27. The van der Waals surface area contributed by atoms with Crippen molar-refractivity contribution in [3.8, 4) is 5.75 Å². The van der Waals surface area contributed by atoms with Gasteiger partial charge in [0.15, 0.2) is 0 Å². The number of hydrogen-bond acceptors (Lipinski definition) is 4. The Kier molecular flexibility index (Phi) is 5.89. The zero-order chi connectivity index (χ0) is 16.2. The first kappa shape index (κ1) is 17.1. The van der Waals surface area contributed by atoms with E-state index in [1.807, 2.05) is 11.9 Å². The number of ether oxygens (including phenoxy) is 1. The molecule has 2 aliphatic rings. The summed E-state index contributed by atoms with van der Waals surface area (Å²) in [4.78, 5) is 3.99. The summed E-state index contributed by atoms with van der Waals surface area (Å²) in [6.45, 7) is 9.52. The van der Waals surface area contributed by atoms with Gasteiger partial charge in [-0.1, -0.05) is 13.0 Å². The molecule has 128 valence electrons. The summed E-state index contributed by atoms with van der Waals surface area (Å²) in [7, 11) is 1.76. The molecule has 0 N–H and O–H groups in total. The molecule has 0 aromatic heterocycles. The van der Waals surface area contributed by atoms with E-state index in [4.69, 9.17) is 4.74 Å². The van der Waals surface area contributed by atoms with Crippen LogP contribution >= 0.6 is 11.9 Å². The summed E-state index contributed by atoms with van der Waals surface area (Å²) in [5, 5.41) is 0. The Labute approximate surface area is 145 Å². The van der Waals surface area contributed by atoms with Crippen LogP contribution in [0.2, 0.25) is 0 Å². The fourth-order valence-corrected chi connectivity index (χ4v) is 4.84. The van der Waals surface area contributed by atoms with Crippen LogP contribution in [-0.4, -0.2) is 48.5 Å². The smallest absolute Gasteiger partial charge is 0.133 e. The highest BCUT2D eigenvalue weighted by Crippen LogP contribution is 2.35. The molecule has 1 aromatic carbocycles. The minimum absolute atomic E-state index is 0.804. The SMILES string of the molecule is COc1ccc(C)cc1SN1CCC(N2CCC(C)CC2)CC1. The minimum Gasteiger partial charge on any atom is -0.496 e. The van der Waals surface area contributed by atoms with E-state index in [0.717, 1.165) is 17.7 Å². The normalized spacial score (nSPS) is 22.4. The minimum atomic E-state index is 0.804. The second-order valence-corrected chi connectivity index (χ2v) is 8.26. The number of piperidine rings is 2. The number of hydrogen-bond donors (Lipinski definition) is 0. The van der Waals surface area contributed by atoms with Crippen molar-refractivity contribution in [2.75, 3.05) is 33.3 Å². The first-order valence-corrected chi connectivity index (χ1v) is 9.74. The van der Waals surface area contributed by atoms with Crippen LogP contribution in [0.15, 0.2) is 23.1 Å². The Bertz CT molecular complexity index is 506. The van der Waals surface area contributed by atoms with Crippen molar-refractivity contribution in [2.24, 2.45) is 5.92 Å². The lowest BCUT2D eigenvalue weighted by Crippen LogP contribution is -2.46. The highest BCUT2D eigenvalue weighted by molar-refractivity contribution is 7.97. The lowest BCUT2D eigenvalue weighted by molar-refractivity contribution is 0.103. The molecule has 0 spiro atoms. The summed E-state index contributed by atoms with van der Waals surface area (Å²) in [6, 6.07) is 7.24. The molecule has 0 amide bonds. The van der Waals surface area contributed by atoms with Gasteiger partial charge in [-0.15, -0.1) is 0 Å². The quantitative estimate of drug-likeness (QED) is 0.766. The Morgan fingerprint density at radius 3 is 2.39 bits per heavy atom. The Morgan fingerprint density at radius 1 is 1.04 bits per heavy atom. The molecule has 2 aliphatic heterocycles. The van der Waals surface area contributed by atoms with Gasteiger partial charge in [0.2, 0.25) is 0 Å². The molecule has 0 unspecified atom stereocenters. The first-order chi connectivity index (χ1) is 11.2. The molecular formula is C19H30N2OS. The van der Waals surface area contributed by atoms with E-state index in [9.17, 15) is 0 Å². The molecule has 0 atom stereocenters. The average molecular weight is 335 g/mol. The maximum atomic E-state index is 5.51. The van der Waals surface area contributed by atoms with Gasteiger partial charge in [0.1, 0.15) is 5.75 Å². The number of rotatable bonds is 4.